The predicted molar refractivity (Wildman–Crippen MR) is 93.2 cm³/mol. The lowest BCUT2D eigenvalue weighted by Gasteiger charge is -2.60. The molecule has 0 atom stereocenters. The minimum Gasteiger partial charge on any atom is -0.349 e. The van der Waals surface area contributed by atoms with Gasteiger partial charge in [0.15, 0.2) is 0 Å². The van der Waals surface area contributed by atoms with Crippen molar-refractivity contribution in [2.45, 2.75) is 6.92 Å². The van der Waals surface area contributed by atoms with Crippen LogP contribution in [0, 0.1) is 15.5 Å². The lowest BCUT2D eigenvalue weighted by molar-refractivity contribution is -0.383. The first-order chi connectivity index (χ1) is 12.0. The minimum absolute atomic E-state index is 0.0475. The van der Waals surface area contributed by atoms with Gasteiger partial charge in [0.05, 0.1) is 10.5 Å². The number of benzene rings is 1. The highest BCUT2D eigenvalue weighted by Crippen LogP contribution is 2.45. The molecule has 0 unspecified atom stereocenters. The maximum atomic E-state index is 11.7. The molecule has 2 aliphatic rings. The molecule has 2 aromatic rings. The molecule has 2 aliphatic heterocycles. The normalized spacial score (nSPS) is 17.8. The summed E-state index contributed by atoms with van der Waals surface area (Å²) in [6.07, 6.45) is 1.62. The van der Waals surface area contributed by atoms with Gasteiger partial charge in [0.1, 0.15) is 0 Å². The van der Waals surface area contributed by atoms with Gasteiger partial charge in [-0.1, -0.05) is 30.3 Å². The van der Waals surface area contributed by atoms with E-state index in [0.29, 0.717) is 24.5 Å². The van der Waals surface area contributed by atoms with E-state index in [1.54, 1.807) is 24.1 Å². The van der Waals surface area contributed by atoms with Crippen molar-refractivity contribution in [3.8, 4) is 11.1 Å². The molecule has 7 heteroatoms. The quantitative estimate of drug-likeness (QED) is 0.634. The van der Waals surface area contributed by atoms with Crippen molar-refractivity contribution < 1.29 is 9.72 Å². The third kappa shape index (κ3) is 2.52. The van der Waals surface area contributed by atoms with Crippen LogP contribution in [-0.2, 0) is 4.79 Å². The van der Waals surface area contributed by atoms with Crippen LogP contribution in [0.25, 0.3) is 11.1 Å². The maximum Gasteiger partial charge on any atom is 0.319 e. The van der Waals surface area contributed by atoms with Crippen molar-refractivity contribution in [2.24, 2.45) is 5.41 Å². The third-order valence-electron chi connectivity index (χ3n) is 5.02. The first kappa shape index (κ1) is 15.6. The van der Waals surface area contributed by atoms with Gasteiger partial charge < -0.3 is 9.80 Å². The van der Waals surface area contributed by atoms with Gasteiger partial charge in [0.25, 0.3) is 0 Å². The number of nitro groups is 1. The number of likely N-dealkylation sites (tertiary alicyclic amines) is 1. The fraction of sp³-hybridized carbons (Fsp3) is 0.333. The van der Waals surface area contributed by atoms with E-state index in [1.807, 2.05) is 35.2 Å². The monoisotopic (exact) mass is 338 g/mol. The fourth-order valence-corrected chi connectivity index (χ4v) is 3.80. The van der Waals surface area contributed by atoms with E-state index in [-0.39, 0.29) is 21.9 Å². The van der Waals surface area contributed by atoms with Gasteiger partial charge in [-0.25, -0.2) is 4.98 Å². The highest BCUT2D eigenvalue weighted by atomic mass is 16.6. The Hall–Kier alpha value is -2.96. The zero-order valence-corrected chi connectivity index (χ0v) is 13.9. The first-order valence-corrected chi connectivity index (χ1v) is 8.18. The number of nitrogens with zero attached hydrogens (tertiary/aromatic N) is 4. The van der Waals surface area contributed by atoms with Crippen molar-refractivity contribution >= 4 is 17.4 Å². The lowest BCUT2D eigenvalue weighted by atomic mass is 9.72. The number of aromatic nitrogens is 1. The molecule has 0 radical (unpaired) electrons. The van der Waals surface area contributed by atoms with E-state index in [4.69, 9.17) is 0 Å². The summed E-state index contributed by atoms with van der Waals surface area (Å²) in [5, 5.41) is 11.7. The van der Waals surface area contributed by atoms with Crippen LogP contribution in [0.1, 0.15) is 6.92 Å². The molecular formula is C18H18N4O3. The van der Waals surface area contributed by atoms with Crippen molar-refractivity contribution in [2.75, 3.05) is 31.1 Å². The van der Waals surface area contributed by atoms with Crippen LogP contribution in [0.4, 0.5) is 11.5 Å². The average molecular weight is 338 g/mol. The summed E-state index contributed by atoms with van der Waals surface area (Å²) in [4.78, 5) is 30.8. The Kier molecular flexibility index (Phi) is 3.45. The molecule has 4 rings (SSSR count). The number of anilines is 1. The van der Waals surface area contributed by atoms with E-state index in [0.717, 1.165) is 18.7 Å². The van der Waals surface area contributed by atoms with Crippen LogP contribution < -0.4 is 4.90 Å². The molecule has 1 aromatic carbocycles. The van der Waals surface area contributed by atoms with Crippen LogP contribution in [0.2, 0.25) is 0 Å². The predicted octanol–water partition coefficient (Wildman–Crippen LogP) is 2.33. The van der Waals surface area contributed by atoms with Gasteiger partial charge >= 0.3 is 5.69 Å². The molecule has 1 amide bonds. The molecule has 2 fully saturated rings. The van der Waals surface area contributed by atoms with Crippen LogP contribution in [0.5, 0.6) is 0 Å². The molecule has 0 bridgehead atoms. The van der Waals surface area contributed by atoms with Crippen molar-refractivity contribution in [3.05, 3.63) is 52.7 Å². The highest BCUT2D eigenvalue weighted by Gasteiger charge is 2.54. The van der Waals surface area contributed by atoms with Gasteiger partial charge in [-0.05, 0) is 11.6 Å². The van der Waals surface area contributed by atoms with Crippen LogP contribution in [-0.4, -0.2) is 46.9 Å². The van der Waals surface area contributed by atoms with E-state index in [1.165, 1.54) is 0 Å². The van der Waals surface area contributed by atoms with Crippen LogP contribution in [0.15, 0.2) is 42.6 Å². The summed E-state index contributed by atoms with van der Waals surface area (Å²) in [7, 11) is 0. The molecule has 2 saturated heterocycles. The van der Waals surface area contributed by atoms with Crippen molar-refractivity contribution in [1.82, 2.24) is 9.88 Å². The Morgan fingerprint density at radius 2 is 1.84 bits per heavy atom. The Balaban J connectivity index is 1.62. The molecule has 1 aromatic heterocycles. The van der Waals surface area contributed by atoms with Crippen LogP contribution >= 0.6 is 0 Å². The van der Waals surface area contributed by atoms with Gasteiger partial charge in [-0.2, -0.15) is 0 Å². The number of rotatable bonds is 3. The van der Waals surface area contributed by atoms with E-state index < -0.39 is 0 Å². The number of pyridine rings is 1. The molecule has 25 heavy (non-hydrogen) atoms. The number of hydrogen-bond acceptors (Lipinski definition) is 5. The first-order valence-electron chi connectivity index (χ1n) is 8.18. The molecule has 0 aliphatic carbocycles. The number of carbonyl (C=O) groups excluding carboxylic acids is 1. The van der Waals surface area contributed by atoms with Gasteiger partial charge in [-0.3, -0.25) is 14.9 Å². The third-order valence-corrected chi connectivity index (χ3v) is 5.02. The smallest absolute Gasteiger partial charge is 0.319 e. The zero-order valence-electron chi connectivity index (χ0n) is 13.9. The summed E-state index contributed by atoms with van der Waals surface area (Å²) in [5.41, 5.74) is 1.51. The molecule has 3 heterocycles. The number of amides is 1. The minimum atomic E-state index is -0.349. The van der Waals surface area contributed by atoms with E-state index in [2.05, 4.69) is 4.98 Å². The van der Waals surface area contributed by atoms with Crippen molar-refractivity contribution in [1.29, 1.82) is 0 Å². The Morgan fingerprint density at radius 3 is 2.44 bits per heavy atom. The number of carbonyl (C=O) groups is 1. The second kappa shape index (κ2) is 5.54. The highest BCUT2D eigenvalue weighted by molar-refractivity contribution is 5.81. The summed E-state index contributed by atoms with van der Waals surface area (Å²) in [6, 6.07) is 11.0. The second-order valence-electron chi connectivity index (χ2n) is 6.89. The second-order valence-corrected chi connectivity index (χ2v) is 6.89. The molecule has 0 saturated carbocycles. The molecule has 0 N–H and O–H groups in total. The summed E-state index contributed by atoms with van der Waals surface area (Å²) >= 11 is 0. The molecule has 1 spiro atoms. The fourth-order valence-electron chi connectivity index (χ4n) is 3.80. The largest absolute Gasteiger partial charge is 0.349 e. The van der Waals surface area contributed by atoms with Crippen LogP contribution in [0.3, 0.4) is 0 Å². The Bertz CT molecular complexity index is 839. The number of hydrogen-bond donors (Lipinski definition) is 0. The van der Waals surface area contributed by atoms with Crippen molar-refractivity contribution in [3.63, 3.8) is 0 Å². The van der Waals surface area contributed by atoms with E-state index in [9.17, 15) is 14.9 Å². The van der Waals surface area contributed by atoms with Gasteiger partial charge in [0.2, 0.25) is 11.7 Å². The lowest BCUT2D eigenvalue weighted by Crippen LogP contribution is -2.73. The van der Waals surface area contributed by atoms with Gasteiger partial charge in [0, 0.05) is 44.7 Å². The standard InChI is InChI=1S/C18H18N4O3/c1-13(23)20-9-18(10-20)11-21(12-18)17-16(22(24)25)15(7-8-19-17)14-5-3-2-4-6-14/h2-8H,9-12H2,1H3. The summed E-state index contributed by atoms with van der Waals surface area (Å²) in [6.45, 7) is 4.42. The summed E-state index contributed by atoms with van der Waals surface area (Å²) < 4.78 is 0. The summed E-state index contributed by atoms with van der Waals surface area (Å²) in [5.74, 6) is 0.498. The Morgan fingerprint density at radius 1 is 1.16 bits per heavy atom. The topological polar surface area (TPSA) is 79.6 Å². The average Bonchev–Trinajstić information content (AvgIpc) is 2.52. The van der Waals surface area contributed by atoms with Gasteiger partial charge in [-0.15, -0.1) is 0 Å². The molecule has 128 valence electrons. The molecule has 7 nitrogen and oxygen atoms in total. The SMILES string of the molecule is CC(=O)N1CC2(C1)CN(c1nccc(-c3ccccc3)c1[N+](=O)[O-])C2. The van der Waals surface area contributed by atoms with E-state index >= 15 is 0 Å². The zero-order chi connectivity index (χ0) is 17.6. The maximum absolute atomic E-state index is 11.7. The Labute approximate surface area is 145 Å². The molecular weight excluding hydrogens is 320 g/mol.